The Morgan fingerprint density at radius 1 is 1.50 bits per heavy atom. The van der Waals surface area contributed by atoms with E-state index in [9.17, 15) is 22.8 Å². The average molecular weight is 211 g/mol. The van der Waals surface area contributed by atoms with E-state index in [1.165, 1.54) is 0 Å². The molecular weight excluding hydrogens is 203 g/mol. The topological polar surface area (TPSA) is 66.4 Å². The molecule has 0 spiro atoms. The fraction of sp³-hybridized carbons (Fsp3) is 0.714. The molecule has 2 atom stereocenters. The molecule has 14 heavy (non-hydrogen) atoms. The molecule has 0 bridgehead atoms. The Morgan fingerprint density at radius 3 is 2.21 bits per heavy atom. The standard InChI is InChI=1S/C7H8F3NO3/c1-3(12)11-6(5(13)14)2-4(6)7(8,9)10/h4H,2H2,1H3,(H,11,12)(H,13,14)/t4-,6-/m1/s1. The molecule has 0 aromatic carbocycles. The van der Waals surface area contributed by atoms with Crippen LogP contribution in [0.15, 0.2) is 0 Å². The lowest BCUT2D eigenvalue weighted by Gasteiger charge is -2.14. The van der Waals surface area contributed by atoms with Crippen molar-refractivity contribution in [2.24, 2.45) is 5.92 Å². The van der Waals surface area contributed by atoms with Gasteiger partial charge < -0.3 is 10.4 Å². The molecule has 0 saturated heterocycles. The number of alkyl halides is 3. The van der Waals surface area contributed by atoms with Crippen LogP contribution in [0.4, 0.5) is 13.2 Å². The zero-order valence-electron chi connectivity index (χ0n) is 7.18. The van der Waals surface area contributed by atoms with Crippen molar-refractivity contribution in [3.63, 3.8) is 0 Å². The van der Waals surface area contributed by atoms with E-state index < -0.39 is 35.9 Å². The molecule has 1 fully saturated rings. The minimum Gasteiger partial charge on any atom is -0.479 e. The largest absolute Gasteiger partial charge is 0.479 e. The van der Waals surface area contributed by atoms with Gasteiger partial charge in [-0.2, -0.15) is 13.2 Å². The third-order valence-electron chi connectivity index (χ3n) is 2.14. The van der Waals surface area contributed by atoms with Gasteiger partial charge in [-0.05, 0) is 6.42 Å². The van der Waals surface area contributed by atoms with Crippen LogP contribution in [0.3, 0.4) is 0 Å². The van der Waals surface area contributed by atoms with Gasteiger partial charge in [0.25, 0.3) is 0 Å². The number of carbonyl (C=O) groups excluding carboxylic acids is 1. The normalized spacial score (nSPS) is 31.0. The van der Waals surface area contributed by atoms with Crippen LogP contribution in [0.5, 0.6) is 0 Å². The van der Waals surface area contributed by atoms with E-state index in [2.05, 4.69) is 0 Å². The van der Waals surface area contributed by atoms with Crippen LogP contribution in [0.1, 0.15) is 13.3 Å². The number of amides is 1. The molecule has 1 aliphatic carbocycles. The maximum Gasteiger partial charge on any atom is 0.394 e. The fourth-order valence-corrected chi connectivity index (χ4v) is 1.40. The molecule has 4 nitrogen and oxygen atoms in total. The number of carbonyl (C=O) groups is 2. The zero-order valence-corrected chi connectivity index (χ0v) is 7.18. The first-order valence-electron chi connectivity index (χ1n) is 3.79. The number of aliphatic carboxylic acids is 1. The van der Waals surface area contributed by atoms with Crippen LogP contribution in [0, 0.1) is 5.92 Å². The Bertz CT molecular complexity index is 288. The number of hydrogen-bond donors (Lipinski definition) is 2. The van der Waals surface area contributed by atoms with Gasteiger partial charge in [-0.25, -0.2) is 4.79 Å². The molecule has 1 amide bonds. The van der Waals surface area contributed by atoms with Crippen LogP contribution in [-0.2, 0) is 9.59 Å². The minimum atomic E-state index is -4.58. The molecular formula is C7H8F3NO3. The van der Waals surface area contributed by atoms with Crippen LogP contribution in [0.2, 0.25) is 0 Å². The minimum absolute atomic E-state index is 0.592. The Balaban J connectivity index is 2.81. The SMILES string of the molecule is CC(=O)N[C@]1(C(=O)O)C[C@H]1C(F)(F)F. The molecule has 2 N–H and O–H groups in total. The summed E-state index contributed by atoms with van der Waals surface area (Å²) in [4.78, 5) is 21.1. The molecule has 1 saturated carbocycles. The van der Waals surface area contributed by atoms with Crippen molar-refractivity contribution in [1.82, 2.24) is 5.32 Å². The molecule has 80 valence electrons. The van der Waals surface area contributed by atoms with Gasteiger partial charge in [0, 0.05) is 6.92 Å². The van der Waals surface area contributed by atoms with Gasteiger partial charge in [0.1, 0.15) is 5.54 Å². The fourth-order valence-electron chi connectivity index (χ4n) is 1.40. The van der Waals surface area contributed by atoms with Gasteiger partial charge in [-0.1, -0.05) is 0 Å². The number of nitrogens with one attached hydrogen (secondary N) is 1. The summed E-state index contributed by atoms with van der Waals surface area (Å²) in [6, 6.07) is 0. The van der Waals surface area contributed by atoms with E-state index >= 15 is 0 Å². The second-order valence-corrected chi connectivity index (χ2v) is 3.26. The highest BCUT2D eigenvalue weighted by Gasteiger charge is 2.72. The number of carboxylic acid groups (broad SMARTS) is 1. The van der Waals surface area contributed by atoms with Crippen LogP contribution >= 0.6 is 0 Å². The van der Waals surface area contributed by atoms with Crippen molar-refractivity contribution in [2.75, 3.05) is 0 Å². The maximum atomic E-state index is 12.1. The third-order valence-corrected chi connectivity index (χ3v) is 2.14. The van der Waals surface area contributed by atoms with E-state index in [0.29, 0.717) is 0 Å². The van der Waals surface area contributed by atoms with Gasteiger partial charge in [0.05, 0.1) is 5.92 Å². The van der Waals surface area contributed by atoms with E-state index in [4.69, 9.17) is 5.11 Å². The summed E-state index contributed by atoms with van der Waals surface area (Å²) in [7, 11) is 0. The lowest BCUT2D eigenvalue weighted by atomic mass is 10.2. The van der Waals surface area contributed by atoms with Crippen molar-refractivity contribution >= 4 is 11.9 Å². The Hall–Kier alpha value is -1.27. The molecule has 0 aromatic heterocycles. The Morgan fingerprint density at radius 2 is 2.00 bits per heavy atom. The highest BCUT2D eigenvalue weighted by Crippen LogP contribution is 2.53. The number of carboxylic acids is 1. The summed E-state index contributed by atoms with van der Waals surface area (Å²) in [5.41, 5.74) is -2.13. The summed E-state index contributed by atoms with van der Waals surface area (Å²) in [5, 5.41) is 10.4. The molecule has 0 aliphatic heterocycles. The predicted octanol–water partition coefficient (Wildman–Crippen LogP) is 0.528. The van der Waals surface area contributed by atoms with Crippen molar-refractivity contribution in [3.8, 4) is 0 Å². The van der Waals surface area contributed by atoms with Crippen molar-refractivity contribution in [2.45, 2.75) is 25.1 Å². The zero-order chi connectivity index (χ0) is 11.1. The smallest absolute Gasteiger partial charge is 0.394 e. The quantitative estimate of drug-likeness (QED) is 0.700. The maximum absolute atomic E-state index is 12.1. The van der Waals surface area contributed by atoms with Gasteiger partial charge >= 0.3 is 12.1 Å². The third kappa shape index (κ3) is 1.66. The molecule has 0 aromatic rings. The summed E-state index contributed by atoms with van der Waals surface area (Å²) < 4.78 is 36.4. The van der Waals surface area contributed by atoms with Crippen LogP contribution in [-0.4, -0.2) is 28.7 Å². The Kier molecular flexibility index (Phi) is 2.21. The lowest BCUT2D eigenvalue weighted by Crippen LogP contribution is -2.46. The monoisotopic (exact) mass is 211 g/mol. The summed E-state index contributed by atoms with van der Waals surface area (Å²) >= 11 is 0. The van der Waals surface area contributed by atoms with Gasteiger partial charge in [0.2, 0.25) is 5.91 Å². The highest BCUT2D eigenvalue weighted by molar-refractivity contribution is 5.89. The van der Waals surface area contributed by atoms with E-state index in [1.807, 2.05) is 5.32 Å². The van der Waals surface area contributed by atoms with Gasteiger partial charge in [0.15, 0.2) is 0 Å². The average Bonchev–Trinajstić information content (AvgIpc) is 2.61. The first kappa shape index (κ1) is 10.8. The molecule has 0 heterocycles. The van der Waals surface area contributed by atoms with Crippen molar-refractivity contribution in [1.29, 1.82) is 0 Å². The summed E-state index contributed by atoms with van der Waals surface area (Å²) in [6.45, 7) is 0.983. The first-order valence-corrected chi connectivity index (χ1v) is 3.79. The second kappa shape index (κ2) is 2.86. The molecule has 1 rings (SSSR count). The van der Waals surface area contributed by atoms with E-state index in [1.54, 1.807) is 0 Å². The Labute approximate surface area is 77.1 Å². The van der Waals surface area contributed by atoms with Gasteiger partial charge in [-0.3, -0.25) is 4.79 Å². The van der Waals surface area contributed by atoms with Gasteiger partial charge in [-0.15, -0.1) is 0 Å². The van der Waals surface area contributed by atoms with Crippen molar-refractivity contribution in [3.05, 3.63) is 0 Å². The molecule has 1 aliphatic rings. The summed E-state index contributed by atoms with van der Waals surface area (Å²) in [6.07, 6.45) is -5.17. The summed E-state index contributed by atoms with van der Waals surface area (Å²) in [5.74, 6) is -4.40. The highest BCUT2D eigenvalue weighted by atomic mass is 19.4. The number of hydrogen-bond acceptors (Lipinski definition) is 2. The van der Waals surface area contributed by atoms with Crippen LogP contribution < -0.4 is 5.32 Å². The molecule has 0 radical (unpaired) electrons. The second-order valence-electron chi connectivity index (χ2n) is 3.26. The van der Waals surface area contributed by atoms with E-state index in [-0.39, 0.29) is 0 Å². The molecule has 7 heteroatoms. The number of halogens is 3. The number of rotatable bonds is 2. The predicted molar refractivity (Wildman–Crippen MR) is 38.3 cm³/mol. The van der Waals surface area contributed by atoms with Crippen LogP contribution in [0.25, 0.3) is 0 Å². The first-order chi connectivity index (χ1) is 6.20. The van der Waals surface area contributed by atoms with Crippen molar-refractivity contribution < 1.29 is 27.9 Å². The lowest BCUT2D eigenvalue weighted by molar-refractivity contribution is -0.164. The molecule has 0 unspecified atom stereocenters. The van der Waals surface area contributed by atoms with E-state index in [0.717, 1.165) is 6.92 Å².